The van der Waals surface area contributed by atoms with Gasteiger partial charge >= 0.3 is 0 Å². The van der Waals surface area contributed by atoms with Crippen LogP contribution in [0.4, 0.5) is 17.1 Å². The monoisotopic (exact) mass is 857 g/mol. The van der Waals surface area contributed by atoms with Crippen molar-refractivity contribution in [2.45, 2.75) is 0 Å². The van der Waals surface area contributed by atoms with Crippen molar-refractivity contribution < 1.29 is 0 Å². The molecule has 0 aromatic heterocycles. The minimum absolute atomic E-state index is 1.10. The summed E-state index contributed by atoms with van der Waals surface area (Å²) in [5, 5.41) is 8.01. The Morgan fingerprint density at radius 1 is 0.227 bits per heavy atom. The summed E-state index contributed by atoms with van der Waals surface area (Å²) in [6, 6.07) is 104. The Hall–Kier alpha value is -8.30. The van der Waals surface area contributed by atoms with Crippen LogP contribution in [0.3, 0.4) is 0 Å². The van der Waals surface area contributed by atoms with Crippen LogP contribution in [0.1, 0.15) is 0 Å². The fourth-order valence-corrected chi connectivity index (χ4v) is 14.7. The van der Waals surface area contributed by atoms with Crippen molar-refractivity contribution in [3.8, 4) is 44.5 Å². The first-order valence-electron chi connectivity index (χ1n) is 22.7. The normalized spacial score (nSPS) is 11.3. The number of anilines is 3. The van der Waals surface area contributed by atoms with Gasteiger partial charge in [0.05, 0.1) is 0 Å². The predicted molar refractivity (Wildman–Crippen MR) is 284 cm³/mol. The minimum atomic E-state index is -2.60. The number of benzene rings is 11. The van der Waals surface area contributed by atoms with Crippen molar-refractivity contribution in [2.24, 2.45) is 0 Å². The SMILES string of the molecule is c1ccc(-c2cccc3cccc(-c4cccc(-c5ccc(N(c6ccccc6)c6ccc(-c7ccc([Si](c8ccccc8)(c8ccccc8)c8ccccc8)cc7)cc6)cc5)c4)c23)cc1. The van der Waals surface area contributed by atoms with Crippen molar-refractivity contribution >= 4 is 56.7 Å². The highest BCUT2D eigenvalue weighted by Gasteiger charge is 2.41. The third-order valence-electron chi connectivity index (χ3n) is 13.0. The van der Waals surface area contributed by atoms with Gasteiger partial charge in [-0.1, -0.05) is 243 Å². The quantitative estimate of drug-likeness (QED) is 0.0925. The molecule has 0 fully saturated rings. The molecule has 0 saturated heterocycles. The van der Waals surface area contributed by atoms with Gasteiger partial charge in [0, 0.05) is 17.1 Å². The molecular formula is C64H47NSi. The summed E-state index contributed by atoms with van der Waals surface area (Å²) in [7, 11) is -2.60. The molecule has 0 N–H and O–H groups in total. The maximum atomic E-state index is 2.38. The Kier molecular flexibility index (Phi) is 11.1. The van der Waals surface area contributed by atoms with Gasteiger partial charge in [-0.05, 0) is 118 Å². The Labute approximate surface area is 389 Å². The Morgan fingerprint density at radius 2 is 0.576 bits per heavy atom. The van der Waals surface area contributed by atoms with Gasteiger partial charge in [-0.15, -0.1) is 0 Å². The standard InChI is InChI=1S/C64H47NSi/c1-6-19-51(20-7-1)62-33-17-21-52-22-18-34-63(64(52)62)54-24-16-23-53(47-54)50-37-43-57(44-38-50)65(55-25-8-2-9-26-55)56-41-35-48(36-42-56)49-39-45-61(46-40-49)66(58-27-10-3-11-28-58,59-29-12-4-13-30-59)60-31-14-5-15-32-60/h1-47H. The van der Waals surface area contributed by atoms with Crippen LogP contribution in [-0.2, 0) is 0 Å². The van der Waals surface area contributed by atoms with Crippen LogP contribution in [0.2, 0.25) is 0 Å². The van der Waals surface area contributed by atoms with Crippen LogP contribution in [-0.4, -0.2) is 8.07 Å². The molecule has 0 aliphatic heterocycles. The maximum absolute atomic E-state index is 2.60. The van der Waals surface area contributed by atoms with Gasteiger partial charge in [0.25, 0.3) is 0 Å². The van der Waals surface area contributed by atoms with Crippen molar-refractivity contribution in [1.29, 1.82) is 0 Å². The van der Waals surface area contributed by atoms with E-state index in [4.69, 9.17) is 0 Å². The molecule has 0 unspecified atom stereocenters. The number of hydrogen-bond donors (Lipinski definition) is 0. The Balaban J connectivity index is 0.910. The number of hydrogen-bond acceptors (Lipinski definition) is 1. The molecule has 11 aromatic rings. The van der Waals surface area contributed by atoms with Crippen molar-refractivity contribution in [3.05, 3.63) is 285 Å². The fraction of sp³-hybridized carbons (Fsp3) is 0. The second-order valence-electron chi connectivity index (χ2n) is 16.8. The summed E-state index contributed by atoms with van der Waals surface area (Å²) in [6.07, 6.45) is 0. The summed E-state index contributed by atoms with van der Waals surface area (Å²) < 4.78 is 0. The molecule has 1 nitrogen and oxygen atoms in total. The van der Waals surface area contributed by atoms with Crippen LogP contribution in [0.5, 0.6) is 0 Å². The van der Waals surface area contributed by atoms with Gasteiger partial charge in [0.1, 0.15) is 0 Å². The zero-order valence-corrected chi connectivity index (χ0v) is 37.6. The van der Waals surface area contributed by atoms with E-state index in [2.05, 4.69) is 290 Å². The van der Waals surface area contributed by atoms with Gasteiger partial charge in [-0.3, -0.25) is 0 Å². The first-order valence-corrected chi connectivity index (χ1v) is 24.7. The first kappa shape index (κ1) is 40.5. The van der Waals surface area contributed by atoms with Gasteiger partial charge in [0.15, 0.2) is 8.07 Å². The zero-order valence-electron chi connectivity index (χ0n) is 36.6. The molecule has 312 valence electrons. The predicted octanol–water partition coefficient (Wildman–Crippen LogP) is 14.4. The molecule has 66 heavy (non-hydrogen) atoms. The summed E-state index contributed by atoms with van der Waals surface area (Å²) in [5.74, 6) is 0. The highest BCUT2D eigenvalue weighted by atomic mass is 28.3. The van der Waals surface area contributed by atoms with E-state index in [0.29, 0.717) is 0 Å². The van der Waals surface area contributed by atoms with Gasteiger partial charge in [-0.2, -0.15) is 0 Å². The summed E-state index contributed by atoms with van der Waals surface area (Å²) >= 11 is 0. The molecule has 0 aliphatic carbocycles. The number of fused-ring (bicyclic) bond motifs is 1. The molecule has 0 saturated carbocycles. The molecule has 0 heterocycles. The number of rotatable bonds is 11. The average Bonchev–Trinajstić information content (AvgIpc) is 3.41. The molecule has 0 aliphatic rings. The molecule has 0 amide bonds. The van der Waals surface area contributed by atoms with Crippen molar-refractivity contribution in [2.75, 3.05) is 4.90 Å². The van der Waals surface area contributed by atoms with Gasteiger partial charge < -0.3 is 4.90 Å². The first-order chi connectivity index (χ1) is 32.7. The lowest BCUT2D eigenvalue weighted by Gasteiger charge is -2.34. The molecule has 2 heteroatoms. The molecule has 11 rings (SSSR count). The average molecular weight is 858 g/mol. The molecular weight excluding hydrogens is 811 g/mol. The largest absolute Gasteiger partial charge is 0.311 e. The van der Waals surface area contributed by atoms with Gasteiger partial charge in [-0.25, -0.2) is 0 Å². The smallest absolute Gasteiger partial charge is 0.179 e. The van der Waals surface area contributed by atoms with Gasteiger partial charge in [0.2, 0.25) is 0 Å². The molecule has 0 spiro atoms. The highest BCUT2D eigenvalue weighted by molar-refractivity contribution is 7.19. The third-order valence-corrected chi connectivity index (χ3v) is 17.8. The van der Waals surface area contributed by atoms with Crippen molar-refractivity contribution in [1.82, 2.24) is 0 Å². The lowest BCUT2D eigenvalue weighted by molar-refractivity contribution is 1.28. The van der Waals surface area contributed by atoms with Crippen LogP contribution in [0.25, 0.3) is 55.3 Å². The lowest BCUT2D eigenvalue weighted by Crippen LogP contribution is -2.74. The van der Waals surface area contributed by atoms with Crippen LogP contribution in [0.15, 0.2) is 285 Å². The minimum Gasteiger partial charge on any atom is -0.311 e. The topological polar surface area (TPSA) is 3.24 Å². The van der Waals surface area contributed by atoms with E-state index >= 15 is 0 Å². The molecule has 0 radical (unpaired) electrons. The Bertz CT molecular complexity index is 3250. The molecule has 0 atom stereocenters. The fourth-order valence-electron chi connectivity index (χ4n) is 9.91. The van der Waals surface area contributed by atoms with E-state index in [1.54, 1.807) is 0 Å². The van der Waals surface area contributed by atoms with E-state index in [0.717, 1.165) is 17.1 Å². The van der Waals surface area contributed by atoms with E-state index in [1.807, 2.05) is 0 Å². The summed E-state index contributed by atoms with van der Waals surface area (Å²) in [4.78, 5) is 2.34. The molecule has 11 aromatic carbocycles. The summed E-state index contributed by atoms with van der Waals surface area (Å²) in [6.45, 7) is 0. The van der Waals surface area contributed by atoms with E-state index in [1.165, 1.54) is 76.0 Å². The molecule has 0 bridgehead atoms. The number of nitrogens with zero attached hydrogens (tertiary/aromatic N) is 1. The highest BCUT2D eigenvalue weighted by Crippen LogP contribution is 2.39. The van der Waals surface area contributed by atoms with Crippen LogP contribution >= 0.6 is 0 Å². The van der Waals surface area contributed by atoms with E-state index < -0.39 is 8.07 Å². The maximum Gasteiger partial charge on any atom is 0.179 e. The third kappa shape index (κ3) is 7.64. The van der Waals surface area contributed by atoms with Crippen LogP contribution in [0, 0.1) is 0 Å². The Morgan fingerprint density at radius 3 is 1.08 bits per heavy atom. The summed E-state index contributed by atoms with van der Waals surface area (Å²) in [5.41, 5.74) is 13.0. The second-order valence-corrected chi connectivity index (χ2v) is 20.7. The lowest BCUT2D eigenvalue weighted by atomic mass is 9.90. The van der Waals surface area contributed by atoms with Crippen molar-refractivity contribution in [3.63, 3.8) is 0 Å². The number of para-hydroxylation sites is 1. The zero-order chi connectivity index (χ0) is 44.1. The van der Waals surface area contributed by atoms with E-state index in [-0.39, 0.29) is 0 Å². The van der Waals surface area contributed by atoms with E-state index in [9.17, 15) is 0 Å². The van der Waals surface area contributed by atoms with Crippen LogP contribution < -0.4 is 25.6 Å². The second kappa shape index (κ2) is 18.1.